The summed E-state index contributed by atoms with van der Waals surface area (Å²) in [6.07, 6.45) is 18.2. The van der Waals surface area contributed by atoms with Gasteiger partial charge >= 0.3 is 0 Å². The summed E-state index contributed by atoms with van der Waals surface area (Å²) >= 11 is 0. The number of aliphatic hydroxyl groups is 1. The summed E-state index contributed by atoms with van der Waals surface area (Å²) in [5.74, 6) is 0. The van der Waals surface area contributed by atoms with E-state index in [0.717, 1.165) is 32.7 Å². The minimum absolute atomic E-state index is 0.272. The Hall–Kier alpha value is -1.06. The van der Waals surface area contributed by atoms with Gasteiger partial charge in [0.1, 0.15) is 0 Å². The fourth-order valence-electron chi connectivity index (χ4n) is 4.94. The summed E-state index contributed by atoms with van der Waals surface area (Å²) in [7, 11) is 0. The zero-order valence-electron chi connectivity index (χ0n) is 20.7. The highest BCUT2D eigenvalue weighted by molar-refractivity contribution is 5.55. The normalized spacial score (nSPS) is 14.8. The highest BCUT2D eigenvalue weighted by Crippen LogP contribution is 2.26. The van der Waals surface area contributed by atoms with Crippen LogP contribution in [0.25, 0.3) is 0 Å². The van der Waals surface area contributed by atoms with Crippen molar-refractivity contribution in [3.63, 3.8) is 0 Å². The second-order valence-corrected chi connectivity index (χ2v) is 9.67. The predicted octanol–water partition coefficient (Wildman–Crippen LogP) is 6.82. The molecule has 0 amide bonds. The Balaban J connectivity index is 1.77. The molecule has 1 aromatic rings. The average molecular weight is 431 g/mol. The smallest absolute Gasteiger partial charge is 0.0841 e. The number of hydrogen-bond acceptors (Lipinski definition) is 3. The molecule has 2 rings (SSSR count). The number of benzene rings is 1. The van der Waals surface area contributed by atoms with E-state index in [-0.39, 0.29) is 6.10 Å². The van der Waals surface area contributed by atoms with Crippen molar-refractivity contribution in [2.75, 3.05) is 37.6 Å². The van der Waals surface area contributed by atoms with Crippen molar-refractivity contribution in [1.82, 2.24) is 4.90 Å². The zero-order chi connectivity index (χ0) is 22.2. The van der Waals surface area contributed by atoms with Crippen LogP contribution in [0, 0.1) is 0 Å². The quantitative estimate of drug-likeness (QED) is 0.259. The van der Waals surface area contributed by atoms with Gasteiger partial charge in [0.05, 0.1) is 6.10 Å². The topological polar surface area (TPSA) is 26.7 Å². The van der Waals surface area contributed by atoms with Gasteiger partial charge in [0, 0.05) is 25.3 Å². The van der Waals surface area contributed by atoms with Crippen LogP contribution in [0.5, 0.6) is 0 Å². The molecule has 1 N–H and O–H groups in total. The van der Waals surface area contributed by atoms with Crippen LogP contribution in [0.15, 0.2) is 24.3 Å². The molecule has 0 aromatic heterocycles. The number of para-hydroxylation sites is 1. The Morgan fingerprint density at radius 2 is 1.42 bits per heavy atom. The molecule has 1 aliphatic rings. The van der Waals surface area contributed by atoms with E-state index < -0.39 is 0 Å². The molecule has 1 unspecified atom stereocenters. The third-order valence-corrected chi connectivity index (χ3v) is 6.76. The van der Waals surface area contributed by atoms with Gasteiger partial charge in [-0.25, -0.2) is 0 Å². The summed E-state index contributed by atoms with van der Waals surface area (Å²) in [5, 5.41) is 11.0. The summed E-state index contributed by atoms with van der Waals surface area (Å²) in [6.45, 7) is 9.52. The van der Waals surface area contributed by atoms with Crippen molar-refractivity contribution in [2.45, 2.75) is 110 Å². The minimum atomic E-state index is -0.272. The first kappa shape index (κ1) is 26.2. The molecule has 1 heterocycles. The summed E-state index contributed by atoms with van der Waals surface area (Å²) in [6, 6.07) is 8.75. The molecule has 31 heavy (non-hydrogen) atoms. The average Bonchev–Trinajstić information content (AvgIpc) is 2.78. The van der Waals surface area contributed by atoms with Crippen LogP contribution < -0.4 is 4.90 Å². The summed E-state index contributed by atoms with van der Waals surface area (Å²) in [5.41, 5.74) is 2.78. The molecule has 3 heteroatoms. The second-order valence-electron chi connectivity index (χ2n) is 9.67. The molecule has 0 bridgehead atoms. The lowest BCUT2D eigenvalue weighted by molar-refractivity contribution is 0.113. The number of aliphatic hydroxyl groups excluding tert-OH is 1. The number of rotatable bonds is 18. The van der Waals surface area contributed by atoms with Crippen molar-refractivity contribution in [2.24, 2.45) is 0 Å². The van der Waals surface area contributed by atoms with Gasteiger partial charge in [-0.2, -0.15) is 0 Å². The van der Waals surface area contributed by atoms with Crippen LogP contribution >= 0.6 is 0 Å². The number of fused-ring (bicyclic) bond motifs is 1. The van der Waals surface area contributed by atoms with Crippen LogP contribution in [0.2, 0.25) is 0 Å². The van der Waals surface area contributed by atoms with Crippen molar-refractivity contribution >= 4 is 5.69 Å². The van der Waals surface area contributed by atoms with Crippen molar-refractivity contribution in [1.29, 1.82) is 0 Å². The second kappa shape index (κ2) is 16.6. The third-order valence-electron chi connectivity index (χ3n) is 6.76. The maximum Gasteiger partial charge on any atom is 0.0841 e. The fourth-order valence-corrected chi connectivity index (χ4v) is 4.94. The third kappa shape index (κ3) is 10.9. The molecule has 0 aliphatic carbocycles. The predicted molar refractivity (Wildman–Crippen MR) is 136 cm³/mol. The molecule has 0 fully saturated rings. The summed E-state index contributed by atoms with van der Waals surface area (Å²) < 4.78 is 0. The first-order valence-corrected chi connectivity index (χ1v) is 13.5. The molecule has 0 radical (unpaired) electrons. The van der Waals surface area contributed by atoms with Crippen LogP contribution in [-0.2, 0) is 6.42 Å². The Morgan fingerprint density at radius 1 is 0.839 bits per heavy atom. The lowest BCUT2D eigenvalue weighted by Crippen LogP contribution is -2.42. The number of anilines is 1. The highest BCUT2D eigenvalue weighted by Gasteiger charge is 2.20. The van der Waals surface area contributed by atoms with Crippen LogP contribution in [0.3, 0.4) is 0 Å². The van der Waals surface area contributed by atoms with E-state index in [0.29, 0.717) is 0 Å². The Labute approximate surface area is 193 Å². The first-order valence-electron chi connectivity index (χ1n) is 13.5. The van der Waals surface area contributed by atoms with Gasteiger partial charge in [-0.15, -0.1) is 0 Å². The van der Waals surface area contributed by atoms with E-state index >= 15 is 0 Å². The van der Waals surface area contributed by atoms with E-state index in [9.17, 15) is 5.11 Å². The monoisotopic (exact) mass is 430 g/mol. The molecule has 0 saturated heterocycles. The van der Waals surface area contributed by atoms with Gasteiger partial charge in [0.2, 0.25) is 0 Å². The van der Waals surface area contributed by atoms with Crippen LogP contribution in [0.4, 0.5) is 5.69 Å². The highest BCUT2D eigenvalue weighted by atomic mass is 16.3. The molecule has 0 saturated carbocycles. The van der Waals surface area contributed by atoms with Crippen molar-refractivity contribution < 1.29 is 5.11 Å². The summed E-state index contributed by atoms with van der Waals surface area (Å²) in [4.78, 5) is 4.97. The van der Waals surface area contributed by atoms with Crippen LogP contribution in [0.1, 0.15) is 103 Å². The lowest BCUT2D eigenvalue weighted by atomic mass is 10.0. The standard InChI is InChI=1S/C28H50N2O/c1-3-5-7-9-11-15-21-29(22-16-12-10-8-6-4-2)24-27(31)25-30-23-17-19-26-18-13-14-20-28(26)30/h13-14,18,20,27,31H,3-12,15-17,19,21-25H2,1-2H3. The van der Waals surface area contributed by atoms with E-state index in [1.165, 1.54) is 101 Å². The molecule has 1 aromatic carbocycles. The Bertz CT molecular complexity index is 546. The van der Waals surface area contributed by atoms with E-state index in [1.54, 1.807) is 0 Å². The van der Waals surface area contributed by atoms with Gasteiger partial charge in [0.25, 0.3) is 0 Å². The van der Waals surface area contributed by atoms with Gasteiger partial charge in [-0.1, -0.05) is 96.3 Å². The molecular weight excluding hydrogens is 380 g/mol. The minimum Gasteiger partial charge on any atom is -0.390 e. The van der Waals surface area contributed by atoms with Crippen molar-refractivity contribution in [3.8, 4) is 0 Å². The number of hydrogen-bond donors (Lipinski definition) is 1. The lowest BCUT2D eigenvalue weighted by Gasteiger charge is -2.34. The van der Waals surface area contributed by atoms with Gasteiger partial charge < -0.3 is 14.9 Å². The number of aryl methyl sites for hydroxylation is 1. The molecule has 3 nitrogen and oxygen atoms in total. The number of nitrogens with zero attached hydrogens (tertiary/aromatic N) is 2. The largest absolute Gasteiger partial charge is 0.390 e. The molecule has 0 spiro atoms. The van der Waals surface area contributed by atoms with Gasteiger partial charge in [-0.05, 0) is 50.4 Å². The fraction of sp³-hybridized carbons (Fsp3) is 0.786. The maximum atomic E-state index is 11.0. The van der Waals surface area contributed by atoms with E-state index in [2.05, 4.69) is 47.9 Å². The SMILES string of the molecule is CCCCCCCCN(CCCCCCCC)CC(O)CN1CCCc2ccccc21. The van der Waals surface area contributed by atoms with E-state index in [4.69, 9.17) is 0 Å². The molecular formula is C28H50N2O. The molecule has 178 valence electrons. The zero-order valence-corrected chi connectivity index (χ0v) is 20.7. The van der Waals surface area contributed by atoms with Crippen molar-refractivity contribution in [3.05, 3.63) is 29.8 Å². The number of unbranched alkanes of at least 4 members (excludes halogenated alkanes) is 10. The van der Waals surface area contributed by atoms with Gasteiger partial charge in [-0.3, -0.25) is 0 Å². The molecule has 1 atom stereocenters. The first-order chi connectivity index (χ1) is 15.2. The maximum absolute atomic E-state index is 11.0. The number of β-amino-alcohol motifs (C(OH)–C–C–N with tert-alkyl or cyclic N) is 1. The molecule has 1 aliphatic heterocycles. The van der Waals surface area contributed by atoms with Crippen LogP contribution in [-0.4, -0.2) is 48.8 Å². The van der Waals surface area contributed by atoms with E-state index in [1.807, 2.05) is 0 Å². The van der Waals surface area contributed by atoms with Gasteiger partial charge in [0.15, 0.2) is 0 Å². The Morgan fingerprint density at radius 3 is 2.06 bits per heavy atom. The Kier molecular flexibility index (Phi) is 14.0.